The third-order valence-corrected chi connectivity index (χ3v) is 4.95. The van der Waals surface area contributed by atoms with Crippen molar-refractivity contribution in [2.45, 2.75) is 26.3 Å². The molecule has 3 rings (SSSR count). The monoisotopic (exact) mass is 358 g/mol. The number of hydrogen-bond donors (Lipinski definition) is 1. The van der Waals surface area contributed by atoms with Crippen molar-refractivity contribution in [2.75, 3.05) is 16.8 Å². The predicted octanol–water partition coefficient (Wildman–Crippen LogP) is 4.15. The van der Waals surface area contributed by atoms with Crippen LogP contribution in [0.5, 0.6) is 0 Å². The van der Waals surface area contributed by atoms with E-state index in [0.29, 0.717) is 0 Å². The van der Waals surface area contributed by atoms with Gasteiger partial charge in [-0.1, -0.05) is 34.1 Å². The van der Waals surface area contributed by atoms with Crippen LogP contribution in [0, 0.1) is 6.92 Å². The lowest BCUT2D eigenvalue weighted by Crippen LogP contribution is -2.40. The Morgan fingerprint density at radius 2 is 2.05 bits per heavy atom. The van der Waals surface area contributed by atoms with Crippen LogP contribution in [0.2, 0.25) is 0 Å². The lowest BCUT2D eigenvalue weighted by molar-refractivity contribution is -0.118. The van der Waals surface area contributed by atoms with Gasteiger partial charge in [0.05, 0.1) is 0 Å². The van der Waals surface area contributed by atoms with E-state index in [2.05, 4.69) is 27.3 Å². The van der Waals surface area contributed by atoms with Gasteiger partial charge in [0.2, 0.25) is 5.91 Å². The SMILES string of the molecule is Cc1cc(N[C@H](C)C(=O)N2CCc3ccccc32)ccc1Br. The van der Waals surface area contributed by atoms with Crippen molar-refractivity contribution < 1.29 is 4.79 Å². The first kappa shape index (κ1) is 15.1. The van der Waals surface area contributed by atoms with Crippen molar-refractivity contribution in [3.8, 4) is 0 Å². The number of aryl methyl sites for hydroxylation is 1. The molecule has 0 unspecified atom stereocenters. The molecule has 0 saturated carbocycles. The Hall–Kier alpha value is -1.81. The quantitative estimate of drug-likeness (QED) is 0.893. The van der Waals surface area contributed by atoms with Gasteiger partial charge in [0, 0.05) is 22.4 Å². The average Bonchev–Trinajstić information content (AvgIpc) is 2.94. The van der Waals surface area contributed by atoms with Crippen LogP contribution in [0.1, 0.15) is 18.1 Å². The van der Waals surface area contributed by atoms with Gasteiger partial charge in [0.25, 0.3) is 0 Å². The van der Waals surface area contributed by atoms with E-state index in [4.69, 9.17) is 0 Å². The molecule has 22 heavy (non-hydrogen) atoms. The first-order valence-electron chi connectivity index (χ1n) is 7.48. The number of amides is 1. The number of nitrogens with zero attached hydrogens (tertiary/aromatic N) is 1. The second-order valence-corrected chi connectivity index (χ2v) is 6.55. The highest BCUT2D eigenvalue weighted by molar-refractivity contribution is 9.10. The van der Waals surface area contributed by atoms with Crippen molar-refractivity contribution in [1.29, 1.82) is 0 Å². The molecule has 0 saturated heterocycles. The highest BCUT2D eigenvalue weighted by Gasteiger charge is 2.27. The molecule has 2 aromatic rings. The summed E-state index contributed by atoms with van der Waals surface area (Å²) in [5.74, 6) is 0.116. The van der Waals surface area contributed by atoms with Gasteiger partial charge < -0.3 is 10.2 Å². The number of anilines is 2. The fourth-order valence-electron chi connectivity index (χ4n) is 2.85. The Bertz CT molecular complexity index is 714. The van der Waals surface area contributed by atoms with E-state index in [9.17, 15) is 4.79 Å². The van der Waals surface area contributed by atoms with Crippen LogP contribution < -0.4 is 10.2 Å². The van der Waals surface area contributed by atoms with Crippen molar-refractivity contribution >= 4 is 33.2 Å². The molecule has 2 aromatic carbocycles. The lowest BCUT2D eigenvalue weighted by Gasteiger charge is -2.23. The van der Waals surface area contributed by atoms with Crippen LogP contribution in [-0.4, -0.2) is 18.5 Å². The number of nitrogens with one attached hydrogen (secondary N) is 1. The topological polar surface area (TPSA) is 32.3 Å². The maximum Gasteiger partial charge on any atom is 0.249 e. The van der Waals surface area contributed by atoms with Gasteiger partial charge in [0.15, 0.2) is 0 Å². The molecular weight excluding hydrogens is 340 g/mol. The van der Waals surface area contributed by atoms with E-state index < -0.39 is 0 Å². The fraction of sp³-hybridized carbons (Fsp3) is 0.278. The summed E-state index contributed by atoms with van der Waals surface area (Å²) in [5.41, 5.74) is 4.42. The minimum absolute atomic E-state index is 0.116. The van der Waals surface area contributed by atoms with Gasteiger partial charge in [0.1, 0.15) is 6.04 Å². The van der Waals surface area contributed by atoms with Crippen molar-refractivity contribution in [2.24, 2.45) is 0 Å². The molecule has 0 aliphatic carbocycles. The molecule has 1 aliphatic heterocycles. The summed E-state index contributed by atoms with van der Waals surface area (Å²) in [6.45, 7) is 4.72. The van der Waals surface area contributed by atoms with E-state index in [1.807, 2.05) is 55.1 Å². The first-order chi connectivity index (χ1) is 10.6. The summed E-state index contributed by atoms with van der Waals surface area (Å²) in [6, 6.07) is 13.9. The van der Waals surface area contributed by atoms with Crippen LogP contribution in [0.25, 0.3) is 0 Å². The zero-order valence-corrected chi connectivity index (χ0v) is 14.4. The number of halogens is 1. The van der Waals surface area contributed by atoms with Crippen LogP contribution >= 0.6 is 15.9 Å². The molecule has 1 amide bonds. The summed E-state index contributed by atoms with van der Waals surface area (Å²) in [5, 5.41) is 3.31. The van der Waals surface area contributed by atoms with Crippen LogP contribution in [0.15, 0.2) is 46.9 Å². The first-order valence-corrected chi connectivity index (χ1v) is 8.27. The zero-order valence-electron chi connectivity index (χ0n) is 12.8. The van der Waals surface area contributed by atoms with Crippen molar-refractivity contribution in [1.82, 2.24) is 0 Å². The summed E-state index contributed by atoms with van der Waals surface area (Å²) >= 11 is 3.49. The normalized spacial score (nSPS) is 14.6. The zero-order chi connectivity index (χ0) is 15.7. The second kappa shape index (κ2) is 6.13. The number of benzene rings is 2. The van der Waals surface area contributed by atoms with Gasteiger partial charge >= 0.3 is 0 Å². The standard InChI is InChI=1S/C18H19BrN2O/c1-12-11-15(7-8-16(12)19)20-13(2)18(22)21-10-9-14-5-3-4-6-17(14)21/h3-8,11,13,20H,9-10H2,1-2H3/t13-/m1/s1. The van der Waals surface area contributed by atoms with Gasteiger partial charge in [-0.3, -0.25) is 4.79 Å². The number of para-hydroxylation sites is 1. The molecular formula is C18H19BrN2O. The van der Waals surface area contributed by atoms with Crippen molar-refractivity contribution in [3.05, 3.63) is 58.1 Å². The minimum Gasteiger partial charge on any atom is -0.374 e. The largest absolute Gasteiger partial charge is 0.374 e. The highest BCUT2D eigenvalue weighted by Crippen LogP contribution is 2.28. The Kier molecular flexibility index (Phi) is 4.21. The molecule has 0 radical (unpaired) electrons. The maximum absolute atomic E-state index is 12.7. The minimum atomic E-state index is -0.258. The number of carbonyl (C=O) groups excluding carboxylic acids is 1. The van der Waals surface area contributed by atoms with E-state index >= 15 is 0 Å². The summed E-state index contributed by atoms with van der Waals surface area (Å²) in [4.78, 5) is 14.6. The van der Waals surface area contributed by atoms with Gasteiger partial charge in [-0.2, -0.15) is 0 Å². The third-order valence-electron chi connectivity index (χ3n) is 4.06. The van der Waals surface area contributed by atoms with Gasteiger partial charge in [-0.25, -0.2) is 0 Å². The Balaban J connectivity index is 1.74. The molecule has 0 fully saturated rings. The number of hydrogen-bond acceptors (Lipinski definition) is 2. The summed E-state index contributed by atoms with van der Waals surface area (Å²) in [6.07, 6.45) is 0.937. The van der Waals surface area contributed by atoms with Gasteiger partial charge in [-0.05, 0) is 55.7 Å². The Labute approximate surface area is 139 Å². The van der Waals surface area contributed by atoms with Crippen LogP contribution in [-0.2, 0) is 11.2 Å². The molecule has 1 aliphatic rings. The molecule has 1 atom stereocenters. The molecule has 1 N–H and O–H groups in total. The van der Waals surface area contributed by atoms with Crippen LogP contribution in [0.3, 0.4) is 0 Å². The van der Waals surface area contributed by atoms with E-state index in [-0.39, 0.29) is 11.9 Å². The molecule has 1 heterocycles. The van der Waals surface area contributed by atoms with Crippen molar-refractivity contribution in [3.63, 3.8) is 0 Å². The maximum atomic E-state index is 12.7. The number of rotatable bonds is 3. The highest BCUT2D eigenvalue weighted by atomic mass is 79.9. The smallest absolute Gasteiger partial charge is 0.249 e. The van der Waals surface area contributed by atoms with E-state index in [1.54, 1.807) is 0 Å². The molecule has 0 bridgehead atoms. The predicted molar refractivity (Wildman–Crippen MR) is 94.5 cm³/mol. The number of carbonyl (C=O) groups is 1. The van der Waals surface area contributed by atoms with Crippen LogP contribution in [0.4, 0.5) is 11.4 Å². The molecule has 0 aromatic heterocycles. The number of fused-ring (bicyclic) bond motifs is 1. The fourth-order valence-corrected chi connectivity index (χ4v) is 3.09. The lowest BCUT2D eigenvalue weighted by atomic mass is 10.1. The third kappa shape index (κ3) is 2.88. The van der Waals surface area contributed by atoms with E-state index in [0.717, 1.165) is 34.4 Å². The molecule has 114 valence electrons. The Morgan fingerprint density at radius 3 is 2.82 bits per heavy atom. The summed E-state index contributed by atoms with van der Waals surface area (Å²) < 4.78 is 1.07. The average molecular weight is 359 g/mol. The van der Waals surface area contributed by atoms with E-state index in [1.165, 1.54) is 5.56 Å². The summed E-state index contributed by atoms with van der Waals surface area (Å²) in [7, 11) is 0. The molecule has 0 spiro atoms. The van der Waals surface area contributed by atoms with Gasteiger partial charge in [-0.15, -0.1) is 0 Å². The second-order valence-electron chi connectivity index (χ2n) is 5.70. The Morgan fingerprint density at radius 1 is 1.27 bits per heavy atom. The molecule has 4 heteroatoms. The molecule has 3 nitrogen and oxygen atoms in total.